The molecule has 5 nitrogen and oxygen atoms in total. The molecule has 2 rings (SSSR count). The second kappa shape index (κ2) is 3.87. The van der Waals surface area contributed by atoms with E-state index < -0.39 is 5.97 Å². The predicted molar refractivity (Wildman–Crippen MR) is 55.2 cm³/mol. The normalized spacial score (nSPS) is 9.69. The molecule has 0 aliphatic heterocycles. The highest BCUT2D eigenvalue weighted by molar-refractivity contribution is 5.88. The summed E-state index contributed by atoms with van der Waals surface area (Å²) in [4.78, 5) is 10.8. The van der Waals surface area contributed by atoms with Crippen molar-refractivity contribution in [3.63, 3.8) is 0 Å². The van der Waals surface area contributed by atoms with Crippen molar-refractivity contribution >= 4 is 5.97 Å². The fraction of sp³-hybridized carbons (Fsp3) is 0. The van der Waals surface area contributed by atoms with E-state index >= 15 is 0 Å². The minimum absolute atomic E-state index is 0.129. The van der Waals surface area contributed by atoms with E-state index in [1.165, 1.54) is 22.9 Å². The molecule has 0 atom stereocenters. The number of carboxylic acids is 1. The molecule has 0 spiro atoms. The molecule has 0 saturated heterocycles. The summed E-state index contributed by atoms with van der Waals surface area (Å²) in [6.45, 7) is 0. The molecule has 0 radical (unpaired) electrons. The summed E-state index contributed by atoms with van der Waals surface area (Å²) in [5.74, 6) is -1.03. The zero-order valence-electron chi connectivity index (χ0n) is 8.16. The largest absolute Gasteiger partial charge is 0.478 e. The lowest BCUT2D eigenvalue weighted by molar-refractivity contribution is 0.0697. The quantitative estimate of drug-likeness (QED) is 0.818. The van der Waals surface area contributed by atoms with E-state index in [0.29, 0.717) is 11.3 Å². The second-order valence-electron chi connectivity index (χ2n) is 3.10. The first kappa shape index (κ1) is 9.93. The molecular weight excluding hydrogens is 206 g/mol. The smallest absolute Gasteiger partial charge is 0.335 e. The van der Waals surface area contributed by atoms with Crippen molar-refractivity contribution in [1.82, 2.24) is 9.78 Å². The molecule has 0 amide bonds. The third-order valence-corrected chi connectivity index (χ3v) is 2.12. The van der Waals surface area contributed by atoms with E-state index in [1.54, 1.807) is 18.5 Å². The monoisotopic (exact) mass is 213 g/mol. The Morgan fingerprint density at radius 3 is 2.88 bits per heavy atom. The van der Waals surface area contributed by atoms with Crippen LogP contribution in [-0.2, 0) is 0 Å². The first-order valence-electron chi connectivity index (χ1n) is 4.50. The SMILES string of the molecule is N#Cc1ccc(C(=O)O)cc1-n1cccn1. The number of nitriles is 1. The van der Waals surface area contributed by atoms with Crippen molar-refractivity contribution in [1.29, 1.82) is 5.26 Å². The minimum Gasteiger partial charge on any atom is -0.478 e. The highest BCUT2D eigenvalue weighted by Gasteiger charge is 2.09. The van der Waals surface area contributed by atoms with Crippen LogP contribution in [0, 0.1) is 11.3 Å². The van der Waals surface area contributed by atoms with Crippen LogP contribution >= 0.6 is 0 Å². The molecule has 16 heavy (non-hydrogen) atoms. The van der Waals surface area contributed by atoms with E-state index in [4.69, 9.17) is 10.4 Å². The van der Waals surface area contributed by atoms with E-state index in [1.807, 2.05) is 6.07 Å². The topological polar surface area (TPSA) is 78.9 Å². The highest BCUT2D eigenvalue weighted by atomic mass is 16.4. The van der Waals surface area contributed by atoms with Gasteiger partial charge in [0.1, 0.15) is 6.07 Å². The Morgan fingerprint density at radius 2 is 2.31 bits per heavy atom. The van der Waals surface area contributed by atoms with Crippen molar-refractivity contribution in [2.75, 3.05) is 0 Å². The van der Waals surface area contributed by atoms with Crippen molar-refractivity contribution in [2.45, 2.75) is 0 Å². The minimum atomic E-state index is -1.03. The Kier molecular flexibility index (Phi) is 2.40. The van der Waals surface area contributed by atoms with Gasteiger partial charge in [0.25, 0.3) is 0 Å². The maximum atomic E-state index is 10.8. The fourth-order valence-corrected chi connectivity index (χ4v) is 1.36. The van der Waals surface area contributed by atoms with Gasteiger partial charge in [-0.15, -0.1) is 0 Å². The summed E-state index contributed by atoms with van der Waals surface area (Å²) < 4.78 is 1.46. The maximum absolute atomic E-state index is 10.8. The average Bonchev–Trinajstić information content (AvgIpc) is 2.81. The number of benzene rings is 1. The highest BCUT2D eigenvalue weighted by Crippen LogP contribution is 2.15. The third kappa shape index (κ3) is 1.64. The Hall–Kier alpha value is -2.61. The zero-order chi connectivity index (χ0) is 11.5. The fourth-order valence-electron chi connectivity index (χ4n) is 1.36. The number of carbonyl (C=O) groups is 1. The van der Waals surface area contributed by atoms with E-state index in [9.17, 15) is 4.79 Å². The number of rotatable bonds is 2. The molecule has 0 unspecified atom stereocenters. The molecule has 2 aromatic rings. The number of hydrogen-bond donors (Lipinski definition) is 1. The number of hydrogen-bond acceptors (Lipinski definition) is 3. The van der Waals surface area contributed by atoms with Crippen LogP contribution in [0.3, 0.4) is 0 Å². The first-order chi connectivity index (χ1) is 7.72. The van der Waals surface area contributed by atoms with Gasteiger partial charge in [-0.3, -0.25) is 0 Å². The zero-order valence-corrected chi connectivity index (χ0v) is 8.16. The van der Waals surface area contributed by atoms with Crippen LogP contribution in [0.25, 0.3) is 5.69 Å². The van der Waals surface area contributed by atoms with Gasteiger partial charge in [-0.25, -0.2) is 9.48 Å². The first-order valence-corrected chi connectivity index (χ1v) is 4.50. The van der Waals surface area contributed by atoms with Crippen molar-refractivity contribution < 1.29 is 9.90 Å². The van der Waals surface area contributed by atoms with Crippen molar-refractivity contribution in [2.24, 2.45) is 0 Å². The summed E-state index contributed by atoms with van der Waals surface area (Å²) in [7, 11) is 0. The number of nitrogens with zero attached hydrogens (tertiary/aromatic N) is 3. The van der Waals surface area contributed by atoms with Crippen LogP contribution < -0.4 is 0 Å². The van der Waals surface area contributed by atoms with E-state index in [0.717, 1.165) is 0 Å². The molecule has 0 aliphatic rings. The molecule has 1 heterocycles. The van der Waals surface area contributed by atoms with Gasteiger partial charge in [-0.1, -0.05) is 0 Å². The standard InChI is InChI=1S/C11H7N3O2/c12-7-9-3-2-8(11(15)16)6-10(9)14-5-1-4-13-14/h1-6H,(H,15,16). The van der Waals surface area contributed by atoms with Gasteiger partial charge in [0, 0.05) is 12.4 Å². The van der Waals surface area contributed by atoms with Crippen LogP contribution in [0.2, 0.25) is 0 Å². The molecule has 0 fully saturated rings. The molecule has 0 aliphatic carbocycles. The Morgan fingerprint density at radius 1 is 1.50 bits per heavy atom. The lowest BCUT2D eigenvalue weighted by Gasteiger charge is -2.04. The van der Waals surface area contributed by atoms with Gasteiger partial charge < -0.3 is 5.11 Å². The van der Waals surface area contributed by atoms with Gasteiger partial charge in [0.2, 0.25) is 0 Å². The Balaban J connectivity index is 2.62. The molecular formula is C11H7N3O2. The summed E-state index contributed by atoms with van der Waals surface area (Å²) in [6.07, 6.45) is 3.22. The summed E-state index contributed by atoms with van der Waals surface area (Å²) >= 11 is 0. The maximum Gasteiger partial charge on any atom is 0.335 e. The van der Waals surface area contributed by atoms with E-state index in [-0.39, 0.29) is 5.56 Å². The molecule has 0 bridgehead atoms. The summed E-state index contributed by atoms with van der Waals surface area (Å²) in [5.41, 5.74) is 0.977. The van der Waals surface area contributed by atoms with Crippen LogP contribution in [0.15, 0.2) is 36.7 Å². The number of aromatic nitrogens is 2. The molecule has 1 aromatic heterocycles. The van der Waals surface area contributed by atoms with Gasteiger partial charge in [-0.2, -0.15) is 10.4 Å². The van der Waals surface area contributed by atoms with Gasteiger partial charge >= 0.3 is 5.97 Å². The number of carboxylic acid groups (broad SMARTS) is 1. The van der Waals surface area contributed by atoms with Crippen LogP contribution in [-0.4, -0.2) is 20.9 Å². The Labute approximate surface area is 91.2 Å². The van der Waals surface area contributed by atoms with Gasteiger partial charge in [0.15, 0.2) is 0 Å². The lowest BCUT2D eigenvalue weighted by Crippen LogP contribution is -2.02. The summed E-state index contributed by atoms with van der Waals surface area (Å²) in [5, 5.41) is 21.7. The predicted octanol–water partition coefficient (Wildman–Crippen LogP) is 1.44. The lowest BCUT2D eigenvalue weighted by atomic mass is 10.1. The van der Waals surface area contributed by atoms with Gasteiger partial charge in [0.05, 0.1) is 16.8 Å². The van der Waals surface area contributed by atoms with Crippen molar-refractivity contribution in [3.8, 4) is 11.8 Å². The summed E-state index contributed by atoms with van der Waals surface area (Å²) in [6, 6.07) is 7.99. The molecule has 1 N–H and O–H groups in total. The van der Waals surface area contributed by atoms with Crippen LogP contribution in [0.1, 0.15) is 15.9 Å². The molecule has 1 aromatic carbocycles. The molecule has 5 heteroatoms. The van der Waals surface area contributed by atoms with Crippen molar-refractivity contribution in [3.05, 3.63) is 47.8 Å². The van der Waals surface area contributed by atoms with Crippen LogP contribution in [0.5, 0.6) is 0 Å². The second-order valence-corrected chi connectivity index (χ2v) is 3.10. The van der Waals surface area contributed by atoms with Gasteiger partial charge in [-0.05, 0) is 24.3 Å². The average molecular weight is 213 g/mol. The third-order valence-electron chi connectivity index (χ3n) is 2.12. The number of aromatic carboxylic acids is 1. The molecule has 0 saturated carbocycles. The van der Waals surface area contributed by atoms with Crippen LogP contribution in [0.4, 0.5) is 0 Å². The molecule has 78 valence electrons. The Bertz CT molecular complexity index is 567. The van der Waals surface area contributed by atoms with E-state index in [2.05, 4.69) is 5.10 Å².